The maximum absolute atomic E-state index is 13.3. The minimum absolute atomic E-state index is 0.154. The van der Waals surface area contributed by atoms with Crippen LogP contribution >= 0.6 is 23.1 Å². The number of ether oxygens (including phenoxy) is 2. The summed E-state index contributed by atoms with van der Waals surface area (Å²) in [5.41, 5.74) is 3.17. The first-order valence-electron chi connectivity index (χ1n) is 12.0. The van der Waals surface area contributed by atoms with E-state index in [0.29, 0.717) is 58.3 Å². The lowest BCUT2D eigenvalue weighted by atomic mass is 10.2. The molecule has 1 aromatic heterocycles. The Morgan fingerprint density at radius 1 is 1.00 bits per heavy atom. The number of carbonyl (C=O) groups is 1. The van der Waals surface area contributed by atoms with Crippen molar-refractivity contribution in [3.63, 3.8) is 0 Å². The van der Waals surface area contributed by atoms with Gasteiger partial charge in [-0.2, -0.15) is 4.31 Å². The predicted molar refractivity (Wildman–Crippen MR) is 146 cm³/mol. The molecule has 2 aliphatic heterocycles. The Bertz CT molecular complexity index is 1320. The standard InChI is InChI=1S/C25H28N4O5S3/c30-24(18-36-25-27-22(17-35-25)19-4-2-1-3-5-19)26-21-16-20(37(31,32)29-10-14-34-15-11-29)6-7-23(21)28-8-12-33-13-9-28/h1-7,16-17H,8-15,18H2,(H,26,30). The Hall–Kier alpha value is -2.48. The number of sulfonamides is 1. The number of thiazole rings is 1. The molecule has 2 aromatic carbocycles. The fourth-order valence-electron chi connectivity index (χ4n) is 4.17. The van der Waals surface area contributed by atoms with Crippen LogP contribution in [0.2, 0.25) is 0 Å². The normalized spacial score (nSPS) is 17.0. The fourth-order valence-corrected chi connectivity index (χ4v) is 7.24. The first kappa shape index (κ1) is 26.1. The van der Waals surface area contributed by atoms with Crippen LogP contribution in [0.5, 0.6) is 0 Å². The van der Waals surface area contributed by atoms with Gasteiger partial charge >= 0.3 is 0 Å². The lowest BCUT2D eigenvalue weighted by molar-refractivity contribution is -0.113. The molecule has 0 saturated carbocycles. The number of benzene rings is 2. The number of carbonyl (C=O) groups excluding carboxylic acids is 1. The number of aromatic nitrogens is 1. The number of amides is 1. The van der Waals surface area contributed by atoms with E-state index in [1.54, 1.807) is 18.2 Å². The summed E-state index contributed by atoms with van der Waals surface area (Å²) in [5.74, 6) is -0.0676. The lowest BCUT2D eigenvalue weighted by Gasteiger charge is -2.31. The Morgan fingerprint density at radius 3 is 2.43 bits per heavy atom. The molecule has 2 saturated heterocycles. The van der Waals surface area contributed by atoms with Gasteiger partial charge in [0.15, 0.2) is 4.34 Å². The van der Waals surface area contributed by atoms with Crippen LogP contribution in [0.3, 0.4) is 0 Å². The third-order valence-electron chi connectivity index (χ3n) is 6.08. The molecule has 0 bridgehead atoms. The van der Waals surface area contributed by atoms with Gasteiger partial charge in [-0.15, -0.1) is 11.3 Å². The lowest BCUT2D eigenvalue weighted by Crippen LogP contribution is -2.40. The highest BCUT2D eigenvalue weighted by molar-refractivity contribution is 8.01. The Balaban J connectivity index is 1.32. The first-order valence-corrected chi connectivity index (χ1v) is 15.3. The number of morpholine rings is 2. The Kier molecular flexibility index (Phi) is 8.43. The third kappa shape index (κ3) is 6.33. The summed E-state index contributed by atoms with van der Waals surface area (Å²) in [6.07, 6.45) is 0. The highest BCUT2D eigenvalue weighted by atomic mass is 32.2. The molecule has 196 valence electrons. The van der Waals surface area contributed by atoms with Crippen LogP contribution in [0, 0.1) is 0 Å². The molecule has 5 rings (SSSR count). The summed E-state index contributed by atoms with van der Waals surface area (Å²) in [6, 6.07) is 14.8. The van der Waals surface area contributed by atoms with E-state index in [4.69, 9.17) is 9.47 Å². The van der Waals surface area contributed by atoms with Gasteiger partial charge in [-0.25, -0.2) is 13.4 Å². The van der Waals surface area contributed by atoms with E-state index in [1.807, 2.05) is 35.7 Å². The van der Waals surface area contributed by atoms with Gasteiger partial charge in [-0.05, 0) is 18.2 Å². The highest BCUT2D eigenvalue weighted by Gasteiger charge is 2.28. The average molecular weight is 561 g/mol. The van der Waals surface area contributed by atoms with E-state index in [-0.39, 0.29) is 16.6 Å². The Morgan fingerprint density at radius 2 is 1.70 bits per heavy atom. The smallest absolute Gasteiger partial charge is 0.243 e. The van der Waals surface area contributed by atoms with E-state index in [9.17, 15) is 13.2 Å². The van der Waals surface area contributed by atoms with Crippen LogP contribution in [0.4, 0.5) is 11.4 Å². The number of thioether (sulfide) groups is 1. The monoisotopic (exact) mass is 560 g/mol. The molecular weight excluding hydrogens is 532 g/mol. The number of hydrogen-bond donors (Lipinski definition) is 1. The summed E-state index contributed by atoms with van der Waals surface area (Å²) >= 11 is 2.85. The van der Waals surface area contributed by atoms with E-state index in [1.165, 1.54) is 27.4 Å². The molecule has 0 spiro atoms. The third-order valence-corrected chi connectivity index (χ3v) is 10.00. The summed E-state index contributed by atoms with van der Waals surface area (Å²) in [6.45, 7) is 3.83. The van der Waals surface area contributed by atoms with Crippen molar-refractivity contribution in [3.05, 3.63) is 53.9 Å². The summed E-state index contributed by atoms with van der Waals surface area (Å²) < 4.78 is 39.5. The largest absolute Gasteiger partial charge is 0.379 e. The van der Waals surface area contributed by atoms with Crippen molar-refractivity contribution in [3.8, 4) is 11.3 Å². The van der Waals surface area contributed by atoms with Crippen LogP contribution < -0.4 is 10.2 Å². The van der Waals surface area contributed by atoms with Gasteiger partial charge in [0.25, 0.3) is 0 Å². The molecule has 0 aliphatic carbocycles. The summed E-state index contributed by atoms with van der Waals surface area (Å²) in [4.78, 5) is 19.9. The van der Waals surface area contributed by atoms with Crippen molar-refractivity contribution < 1.29 is 22.7 Å². The molecule has 0 unspecified atom stereocenters. The van der Waals surface area contributed by atoms with Crippen molar-refractivity contribution in [1.82, 2.24) is 9.29 Å². The second kappa shape index (κ2) is 11.9. The Labute approximate surface area is 224 Å². The molecule has 3 heterocycles. The molecule has 0 atom stereocenters. The second-order valence-electron chi connectivity index (χ2n) is 8.50. The minimum Gasteiger partial charge on any atom is -0.379 e. The molecule has 37 heavy (non-hydrogen) atoms. The van der Waals surface area contributed by atoms with Crippen molar-refractivity contribution in [2.45, 2.75) is 9.24 Å². The number of rotatable bonds is 8. The van der Waals surface area contributed by atoms with Crippen LogP contribution in [-0.2, 0) is 24.3 Å². The van der Waals surface area contributed by atoms with Crippen LogP contribution in [0.1, 0.15) is 0 Å². The molecule has 2 aliphatic rings. The quantitative estimate of drug-likeness (QED) is 0.419. The van der Waals surface area contributed by atoms with E-state index < -0.39 is 10.0 Å². The summed E-state index contributed by atoms with van der Waals surface area (Å²) in [7, 11) is -3.70. The van der Waals surface area contributed by atoms with Crippen LogP contribution in [-0.4, -0.2) is 82.0 Å². The number of hydrogen-bond acceptors (Lipinski definition) is 9. The second-order valence-corrected chi connectivity index (χ2v) is 12.5. The zero-order chi connectivity index (χ0) is 25.7. The van der Waals surface area contributed by atoms with Gasteiger partial charge in [0.2, 0.25) is 15.9 Å². The van der Waals surface area contributed by atoms with E-state index >= 15 is 0 Å². The fraction of sp³-hybridized carbons (Fsp3) is 0.360. The molecule has 2 fully saturated rings. The molecule has 1 amide bonds. The summed E-state index contributed by atoms with van der Waals surface area (Å²) in [5, 5.41) is 4.94. The highest BCUT2D eigenvalue weighted by Crippen LogP contribution is 2.32. The van der Waals surface area contributed by atoms with Crippen molar-refractivity contribution >= 4 is 50.4 Å². The maximum atomic E-state index is 13.3. The van der Waals surface area contributed by atoms with Gasteiger partial charge in [0.1, 0.15) is 0 Å². The topological polar surface area (TPSA) is 101 Å². The van der Waals surface area contributed by atoms with E-state index in [2.05, 4.69) is 15.2 Å². The first-order chi connectivity index (χ1) is 18.0. The average Bonchev–Trinajstić information content (AvgIpc) is 3.43. The molecule has 0 radical (unpaired) electrons. The number of nitrogens with one attached hydrogen (secondary N) is 1. The van der Waals surface area contributed by atoms with Gasteiger partial charge < -0.3 is 19.7 Å². The predicted octanol–water partition coefficient (Wildman–Crippen LogP) is 3.40. The van der Waals surface area contributed by atoms with Gasteiger partial charge in [0.05, 0.1) is 54.1 Å². The zero-order valence-corrected chi connectivity index (χ0v) is 22.6. The zero-order valence-electron chi connectivity index (χ0n) is 20.2. The SMILES string of the molecule is O=C(CSc1nc(-c2ccccc2)cs1)Nc1cc(S(=O)(=O)N2CCOCC2)ccc1N1CCOCC1. The van der Waals surface area contributed by atoms with Gasteiger partial charge in [-0.1, -0.05) is 42.1 Å². The van der Waals surface area contributed by atoms with Gasteiger partial charge in [-0.3, -0.25) is 4.79 Å². The molecule has 9 nitrogen and oxygen atoms in total. The molecule has 3 aromatic rings. The molecular formula is C25H28N4O5S3. The van der Waals surface area contributed by atoms with Crippen molar-refractivity contribution in [2.24, 2.45) is 0 Å². The number of nitrogens with zero attached hydrogens (tertiary/aromatic N) is 3. The van der Waals surface area contributed by atoms with Crippen molar-refractivity contribution in [1.29, 1.82) is 0 Å². The molecule has 1 N–H and O–H groups in total. The minimum atomic E-state index is -3.70. The van der Waals surface area contributed by atoms with E-state index in [0.717, 1.165) is 21.3 Å². The molecule has 12 heteroatoms. The van der Waals surface area contributed by atoms with Crippen LogP contribution in [0.25, 0.3) is 11.3 Å². The number of anilines is 2. The van der Waals surface area contributed by atoms with Gasteiger partial charge in [0, 0.05) is 37.1 Å². The van der Waals surface area contributed by atoms with Crippen LogP contribution in [0.15, 0.2) is 63.1 Å². The van der Waals surface area contributed by atoms with Crippen molar-refractivity contribution in [2.75, 3.05) is 68.6 Å². The maximum Gasteiger partial charge on any atom is 0.243 e.